The summed E-state index contributed by atoms with van der Waals surface area (Å²) in [5.41, 5.74) is 0. The highest BCUT2D eigenvalue weighted by Gasteiger charge is 2.48. The molecule has 76 valence electrons. The molecule has 5 atom stereocenters. The highest BCUT2D eigenvalue weighted by molar-refractivity contribution is 4.98. The van der Waals surface area contributed by atoms with Crippen molar-refractivity contribution in [2.75, 3.05) is 6.61 Å². The second-order valence-electron chi connectivity index (χ2n) is 5.02. The van der Waals surface area contributed by atoms with Crippen molar-refractivity contribution in [3.8, 4) is 0 Å². The van der Waals surface area contributed by atoms with Crippen molar-refractivity contribution in [2.24, 2.45) is 23.7 Å². The summed E-state index contributed by atoms with van der Waals surface area (Å²) >= 11 is 0. The molecule has 0 aromatic carbocycles. The molecule has 0 N–H and O–H groups in total. The lowest BCUT2D eigenvalue weighted by atomic mass is 9.80. The minimum absolute atomic E-state index is 0.608. The second-order valence-corrected chi connectivity index (χ2v) is 5.02. The van der Waals surface area contributed by atoms with E-state index in [0.717, 1.165) is 36.7 Å². The van der Waals surface area contributed by atoms with Crippen LogP contribution in [0.5, 0.6) is 0 Å². The molecular formula is C12H22O. The average Bonchev–Trinajstić information content (AvgIpc) is 2.64. The van der Waals surface area contributed by atoms with Crippen LogP contribution in [0.15, 0.2) is 0 Å². The summed E-state index contributed by atoms with van der Waals surface area (Å²) in [6.07, 6.45) is 4.56. The molecule has 1 nitrogen and oxygen atoms in total. The van der Waals surface area contributed by atoms with Gasteiger partial charge in [-0.05, 0) is 42.9 Å². The van der Waals surface area contributed by atoms with E-state index in [2.05, 4.69) is 20.8 Å². The average molecular weight is 182 g/mol. The Morgan fingerprint density at radius 2 is 1.92 bits per heavy atom. The van der Waals surface area contributed by atoms with E-state index in [-0.39, 0.29) is 0 Å². The molecule has 0 heterocycles. The van der Waals surface area contributed by atoms with E-state index in [0.29, 0.717) is 6.10 Å². The molecular weight excluding hydrogens is 160 g/mol. The zero-order valence-electron chi connectivity index (χ0n) is 9.12. The lowest BCUT2D eigenvalue weighted by Crippen LogP contribution is -2.30. The monoisotopic (exact) mass is 182 g/mol. The van der Waals surface area contributed by atoms with Crippen LogP contribution in [0.1, 0.15) is 40.0 Å². The summed E-state index contributed by atoms with van der Waals surface area (Å²) in [5.74, 6) is 3.71. The van der Waals surface area contributed by atoms with Gasteiger partial charge >= 0.3 is 0 Å². The van der Waals surface area contributed by atoms with E-state index in [1.165, 1.54) is 12.8 Å². The van der Waals surface area contributed by atoms with E-state index >= 15 is 0 Å². The number of rotatable bonds is 3. The molecule has 13 heavy (non-hydrogen) atoms. The van der Waals surface area contributed by atoms with Crippen LogP contribution in [-0.4, -0.2) is 12.7 Å². The predicted octanol–water partition coefficient (Wildman–Crippen LogP) is 3.09. The molecule has 0 radical (unpaired) electrons. The molecule has 1 heteroatoms. The Morgan fingerprint density at radius 3 is 2.46 bits per heavy atom. The zero-order chi connectivity index (χ0) is 9.42. The molecule has 0 aliphatic heterocycles. The van der Waals surface area contributed by atoms with Gasteiger partial charge in [0, 0.05) is 6.61 Å². The smallest absolute Gasteiger partial charge is 0.0608 e. The third kappa shape index (κ3) is 1.52. The first-order chi connectivity index (χ1) is 6.24. The second kappa shape index (κ2) is 3.61. The topological polar surface area (TPSA) is 9.23 Å². The van der Waals surface area contributed by atoms with Crippen molar-refractivity contribution >= 4 is 0 Å². The Hall–Kier alpha value is -0.0400. The summed E-state index contributed by atoms with van der Waals surface area (Å²) < 4.78 is 5.90. The highest BCUT2D eigenvalue weighted by atomic mass is 16.5. The van der Waals surface area contributed by atoms with Gasteiger partial charge in [-0.1, -0.05) is 20.8 Å². The molecule has 2 bridgehead atoms. The summed E-state index contributed by atoms with van der Waals surface area (Å²) in [6, 6.07) is 0. The Labute approximate surface area is 81.9 Å². The summed E-state index contributed by atoms with van der Waals surface area (Å²) in [7, 11) is 0. The van der Waals surface area contributed by atoms with E-state index in [1.54, 1.807) is 0 Å². The maximum Gasteiger partial charge on any atom is 0.0608 e. The fourth-order valence-corrected chi connectivity index (χ4v) is 3.33. The Bertz CT molecular complexity index is 176. The molecule has 0 amide bonds. The number of ether oxygens (including phenoxy) is 1. The minimum atomic E-state index is 0.608. The SMILES string of the molecule is CCCOC1CC2CC1C(C)C2C. The quantitative estimate of drug-likeness (QED) is 0.651. The zero-order valence-corrected chi connectivity index (χ0v) is 9.12. The van der Waals surface area contributed by atoms with Gasteiger partial charge in [0.25, 0.3) is 0 Å². The van der Waals surface area contributed by atoms with Crippen molar-refractivity contribution in [1.82, 2.24) is 0 Å². The van der Waals surface area contributed by atoms with Gasteiger partial charge in [0.15, 0.2) is 0 Å². The molecule has 2 saturated carbocycles. The first-order valence-electron chi connectivity index (χ1n) is 5.85. The van der Waals surface area contributed by atoms with Crippen LogP contribution in [0.25, 0.3) is 0 Å². The summed E-state index contributed by atoms with van der Waals surface area (Å²) in [5, 5.41) is 0. The Kier molecular flexibility index (Phi) is 2.64. The van der Waals surface area contributed by atoms with Crippen LogP contribution in [0.4, 0.5) is 0 Å². The first kappa shape index (κ1) is 9.51. The molecule has 2 fully saturated rings. The van der Waals surface area contributed by atoms with Crippen LogP contribution in [0, 0.1) is 23.7 Å². The predicted molar refractivity (Wildman–Crippen MR) is 54.6 cm³/mol. The van der Waals surface area contributed by atoms with Gasteiger partial charge in [-0.2, -0.15) is 0 Å². The van der Waals surface area contributed by atoms with Crippen molar-refractivity contribution < 1.29 is 4.74 Å². The highest BCUT2D eigenvalue weighted by Crippen LogP contribution is 2.52. The molecule has 5 unspecified atom stereocenters. The molecule has 2 aliphatic rings. The minimum Gasteiger partial charge on any atom is -0.378 e. The fourth-order valence-electron chi connectivity index (χ4n) is 3.33. The van der Waals surface area contributed by atoms with Gasteiger partial charge in [0.05, 0.1) is 6.10 Å². The van der Waals surface area contributed by atoms with Crippen molar-refractivity contribution in [1.29, 1.82) is 0 Å². The largest absolute Gasteiger partial charge is 0.378 e. The van der Waals surface area contributed by atoms with Crippen LogP contribution in [-0.2, 0) is 4.74 Å². The maximum atomic E-state index is 5.90. The summed E-state index contributed by atoms with van der Waals surface area (Å²) in [4.78, 5) is 0. The van der Waals surface area contributed by atoms with Gasteiger partial charge in [-0.3, -0.25) is 0 Å². The van der Waals surface area contributed by atoms with Crippen molar-refractivity contribution in [3.05, 3.63) is 0 Å². The van der Waals surface area contributed by atoms with Crippen LogP contribution < -0.4 is 0 Å². The number of fused-ring (bicyclic) bond motifs is 2. The molecule has 2 rings (SSSR count). The molecule has 0 spiro atoms. The number of hydrogen-bond acceptors (Lipinski definition) is 1. The van der Waals surface area contributed by atoms with Gasteiger partial charge in [0.2, 0.25) is 0 Å². The normalized spacial score (nSPS) is 48.7. The van der Waals surface area contributed by atoms with Gasteiger partial charge in [0.1, 0.15) is 0 Å². The molecule has 0 aromatic rings. The number of hydrogen-bond donors (Lipinski definition) is 0. The van der Waals surface area contributed by atoms with E-state index in [4.69, 9.17) is 4.74 Å². The van der Waals surface area contributed by atoms with Gasteiger partial charge in [-0.15, -0.1) is 0 Å². The van der Waals surface area contributed by atoms with Crippen molar-refractivity contribution in [3.63, 3.8) is 0 Å². The lowest BCUT2D eigenvalue weighted by Gasteiger charge is -2.31. The third-order valence-electron chi connectivity index (χ3n) is 4.37. The van der Waals surface area contributed by atoms with Crippen LogP contribution in [0.3, 0.4) is 0 Å². The van der Waals surface area contributed by atoms with E-state index < -0.39 is 0 Å². The van der Waals surface area contributed by atoms with Crippen molar-refractivity contribution in [2.45, 2.75) is 46.1 Å². The van der Waals surface area contributed by atoms with E-state index in [1.807, 2.05) is 0 Å². The lowest BCUT2D eigenvalue weighted by molar-refractivity contribution is -0.00959. The van der Waals surface area contributed by atoms with E-state index in [9.17, 15) is 0 Å². The van der Waals surface area contributed by atoms with Crippen LogP contribution in [0.2, 0.25) is 0 Å². The molecule has 2 aliphatic carbocycles. The Balaban J connectivity index is 1.90. The fraction of sp³-hybridized carbons (Fsp3) is 1.00. The molecule has 0 saturated heterocycles. The van der Waals surface area contributed by atoms with Gasteiger partial charge in [-0.25, -0.2) is 0 Å². The third-order valence-corrected chi connectivity index (χ3v) is 4.37. The van der Waals surface area contributed by atoms with Crippen LogP contribution >= 0.6 is 0 Å². The standard InChI is InChI=1S/C12H22O/c1-4-5-13-12-7-10-6-11(12)9(3)8(10)2/h8-12H,4-7H2,1-3H3. The molecule has 0 aromatic heterocycles. The summed E-state index contributed by atoms with van der Waals surface area (Å²) in [6.45, 7) is 8.00. The Morgan fingerprint density at radius 1 is 1.15 bits per heavy atom. The van der Waals surface area contributed by atoms with Gasteiger partial charge < -0.3 is 4.74 Å². The maximum absolute atomic E-state index is 5.90. The first-order valence-corrected chi connectivity index (χ1v) is 5.85.